The van der Waals surface area contributed by atoms with E-state index < -0.39 is 0 Å². The molecular formula is C13H19NO2. The highest BCUT2D eigenvalue weighted by Crippen LogP contribution is 2.35. The summed E-state index contributed by atoms with van der Waals surface area (Å²) in [5, 5.41) is 0. The van der Waals surface area contributed by atoms with Gasteiger partial charge in [0.1, 0.15) is 11.5 Å². The zero-order valence-electron chi connectivity index (χ0n) is 9.90. The zero-order chi connectivity index (χ0) is 11.5. The summed E-state index contributed by atoms with van der Waals surface area (Å²) in [6.45, 7) is 1.95. The Morgan fingerprint density at radius 1 is 1.31 bits per heavy atom. The maximum atomic E-state index is 5.97. The molecule has 0 saturated heterocycles. The molecule has 88 valence electrons. The van der Waals surface area contributed by atoms with Crippen LogP contribution in [0.5, 0.6) is 11.5 Å². The number of hydrogen-bond acceptors (Lipinski definition) is 3. The summed E-state index contributed by atoms with van der Waals surface area (Å²) in [5.74, 6) is 1.69. The fraction of sp³-hybridized carbons (Fsp3) is 0.538. The van der Waals surface area contributed by atoms with Crippen molar-refractivity contribution in [2.75, 3.05) is 7.11 Å². The minimum absolute atomic E-state index is 0.0776. The van der Waals surface area contributed by atoms with Crippen LogP contribution in [-0.2, 0) is 0 Å². The quantitative estimate of drug-likeness (QED) is 0.850. The van der Waals surface area contributed by atoms with Crippen molar-refractivity contribution < 1.29 is 9.47 Å². The molecule has 0 unspecified atom stereocenters. The Morgan fingerprint density at radius 2 is 2.00 bits per heavy atom. The Kier molecular flexibility index (Phi) is 3.34. The molecule has 0 radical (unpaired) electrons. The van der Waals surface area contributed by atoms with Gasteiger partial charge in [0.05, 0.1) is 18.8 Å². The largest absolute Gasteiger partial charge is 0.496 e. The van der Waals surface area contributed by atoms with Crippen molar-refractivity contribution >= 4 is 0 Å². The van der Waals surface area contributed by atoms with Crippen molar-refractivity contribution in [1.82, 2.24) is 0 Å². The lowest BCUT2D eigenvalue weighted by Crippen LogP contribution is -2.25. The molecule has 2 rings (SSSR count). The highest BCUT2D eigenvalue weighted by Gasteiger charge is 2.22. The normalized spacial score (nSPS) is 17.7. The van der Waals surface area contributed by atoms with Crippen molar-refractivity contribution in [2.45, 2.75) is 38.3 Å². The molecule has 3 heteroatoms. The van der Waals surface area contributed by atoms with Crippen molar-refractivity contribution in [1.29, 1.82) is 0 Å². The molecule has 0 amide bonds. The molecule has 0 bridgehead atoms. The van der Waals surface area contributed by atoms with Crippen LogP contribution in [0.4, 0.5) is 0 Å². The zero-order valence-corrected chi connectivity index (χ0v) is 9.90. The maximum absolute atomic E-state index is 5.97. The van der Waals surface area contributed by atoms with Crippen LogP contribution in [0, 0.1) is 0 Å². The van der Waals surface area contributed by atoms with E-state index >= 15 is 0 Å². The van der Waals surface area contributed by atoms with Crippen LogP contribution >= 0.6 is 0 Å². The lowest BCUT2D eigenvalue weighted by Gasteiger charge is -2.28. The van der Waals surface area contributed by atoms with Gasteiger partial charge in [-0.1, -0.05) is 6.07 Å². The van der Waals surface area contributed by atoms with E-state index in [4.69, 9.17) is 15.2 Å². The van der Waals surface area contributed by atoms with E-state index in [0.29, 0.717) is 6.10 Å². The molecule has 1 aromatic carbocycles. The third kappa shape index (κ3) is 2.14. The van der Waals surface area contributed by atoms with Crippen LogP contribution in [0.15, 0.2) is 18.2 Å². The molecular weight excluding hydrogens is 202 g/mol. The van der Waals surface area contributed by atoms with Gasteiger partial charge >= 0.3 is 0 Å². The van der Waals surface area contributed by atoms with Gasteiger partial charge in [-0.2, -0.15) is 0 Å². The summed E-state index contributed by atoms with van der Waals surface area (Å²) in [5.41, 5.74) is 6.94. The van der Waals surface area contributed by atoms with Crippen molar-refractivity contribution in [2.24, 2.45) is 5.73 Å². The summed E-state index contributed by atoms with van der Waals surface area (Å²) in [6, 6.07) is 5.76. The number of rotatable bonds is 4. The molecule has 16 heavy (non-hydrogen) atoms. The second kappa shape index (κ2) is 4.74. The van der Waals surface area contributed by atoms with Crippen molar-refractivity contribution in [3.8, 4) is 11.5 Å². The number of methoxy groups -OCH3 is 1. The monoisotopic (exact) mass is 221 g/mol. The molecule has 3 nitrogen and oxygen atoms in total. The van der Waals surface area contributed by atoms with Gasteiger partial charge in [0.15, 0.2) is 0 Å². The van der Waals surface area contributed by atoms with Gasteiger partial charge in [-0.3, -0.25) is 0 Å². The minimum Gasteiger partial charge on any atom is -0.496 e. The fourth-order valence-corrected chi connectivity index (χ4v) is 1.92. The van der Waals surface area contributed by atoms with Gasteiger partial charge in [0, 0.05) is 6.04 Å². The Labute approximate surface area is 96.5 Å². The van der Waals surface area contributed by atoms with Gasteiger partial charge in [0.25, 0.3) is 0 Å². The lowest BCUT2D eigenvalue weighted by atomic mass is 9.96. The third-order valence-corrected chi connectivity index (χ3v) is 3.05. The first kappa shape index (κ1) is 11.3. The molecule has 1 aliphatic rings. The fourth-order valence-electron chi connectivity index (χ4n) is 1.92. The molecule has 1 fully saturated rings. The van der Waals surface area contributed by atoms with Crippen LogP contribution < -0.4 is 15.2 Å². The summed E-state index contributed by atoms with van der Waals surface area (Å²) in [7, 11) is 1.66. The number of benzene rings is 1. The van der Waals surface area contributed by atoms with E-state index in [1.165, 1.54) is 6.42 Å². The average Bonchev–Trinajstić information content (AvgIpc) is 2.22. The van der Waals surface area contributed by atoms with E-state index in [9.17, 15) is 0 Å². The number of ether oxygens (including phenoxy) is 2. The van der Waals surface area contributed by atoms with Gasteiger partial charge in [-0.25, -0.2) is 0 Å². The van der Waals surface area contributed by atoms with E-state index in [0.717, 1.165) is 29.9 Å². The van der Waals surface area contributed by atoms with Crippen LogP contribution in [0.25, 0.3) is 0 Å². The number of hydrogen-bond donors (Lipinski definition) is 1. The van der Waals surface area contributed by atoms with Crippen LogP contribution in [0.2, 0.25) is 0 Å². The first-order chi connectivity index (χ1) is 7.72. The van der Waals surface area contributed by atoms with E-state index in [1.54, 1.807) is 7.11 Å². The second-order valence-corrected chi connectivity index (χ2v) is 4.33. The molecule has 0 spiro atoms. The second-order valence-electron chi connectivity index (χ2n) is 4.33. The van der Waals surface area contributed by atoms with Gasteiger partial charge in [-0.15, -0.1) is 0 Å². The minimum atomic E-state index is -0.0776. The Morgan fingerprint density at radius 3 is 2.50 bits per heavy atom. The molecule has 1 aromatic rings. The van der Waals surface area contributed by atoms with Crippen LogP contribution in [-0.4, -0.2) is 13.2 Å². The van der Waals surface area contributed by atoms with Crippen LogP contribution in [0.3, 0.4) is 0 Å². The van der Waals surface area contributed by atoms with Gasteiger partial charge in [0.2, 0.25) is 0 Å². The predicted molar refractivity (Wildman–Crippen MR) is 63.9 cm³/mol. The lowest BCUT2D eigenvalue weighted by molar-refractivity contribution is 0.118. The summed E-state index contributed by atoms with van der Waals surface area (Å²) in [6.07, 6.45) is 3.93. The SMILES string of the molecule is COc1cccc(OC2CCC2)c1[C@@H](C)N. The average molecular weight is 221 g/mol. The molecule has 0 aromatic heterocycles. The van der Waals surface area contributed by atoms with E-state index in [-0.39, 0.29) is 6.04 Å². The predicted octanol–water partition coefficient (Wildman–Crippen LogP) is 2.65. The first-order valence-electron chi connectivity index (χ1n) is 5.81. The number of nitrogens with two attached hydrogens (primary N) is 1. The van der Waals surface area contributed by atoms with Crippen LogP contribution in [0.1, 0.15) is 37.8 Å². The molecule has 2 N–H and O–H groups in total. The third-order valence-electron chi connectivity index (χ3n) is 3.05. The maximum Gasteiger partial charge on any atom is 0.128 e. The highest BCUT2D eigenvalue weighted by atomic mass is 16.5. The molecule has 1 atom stereocenters. The van der Waals surface area contributed by atoms with Gasteiger partial charge < -0.3 is 15.2 Å². The van der Waals surface area contributed by atoms with E-state index in [1.807, 2.05) is 25.1 Å². The first-order valence-corrected chi connectivity index (χ1v) is 5.81. The Hall–Kier alpha value is -1.22. The summed E-state index contributed by atoms with van der Waals surface area (Å²) < 4.78 is 11.2. The van der Waals surface area contributed by atoms with Crippen molar-refractivity contribution in [3.63, 3.8) is 0 Å². The van der Waals surface area contributed by atoms with Crippen molar-refractivity contribution in [3.05, 3.63) is 23.8 Å². The Balaban J connectivity index is 2.26. The topological polar surface area (TPSA) is 44.5 Å². The van der Waals surface area contributed by atoms with E-state index in [2.05, 4.69) is 0 Å². The molecule has 0 aliphatic heterocycles. The smallest absolute Gasteiger partial charge is 0.128 e. The summed E-state index contributed by atoms with van der Waals surface area (Å²) in [4.78, 5) is 0. The molecule has 1 saturated carbocycles. The highest BCUT2D eigenvalue weighted by molar-refractivity contribution is 5.46. The van der Waals surface area contributed by atoms with Gasteiger partial charge in [-0.05, 0) is 38.3 Å². The summed E-state index contributed by atoms with van der Waals surface area (Å²) >= 11 is 0. The Bertz CT molecular complexity index is 359. The molecule has 0 heterocycles. The molecule has 1 aliphatic carbocycles. The standard InChI is InChI=1S/C13H19NO2/c1-9(14)13-11(15-2)7-4-8-12(13)16-10-5-3-6-10/h4,7-10H,3,5-6,14H2,1-2H3/t9-/m1/s1.